The zero-order chi connectivity index (χ0) is 7.44. The van der Waals surface area contributed by atoms with Crippen molar-refractivity contribution < 1.29 is 19.4 Å². The third kappa shape index (κ3) is 2.12. The molecule has 52 valence electrons. The van der Waals surface area contributed by atoms with Gasteiger partial charge in [-0.05, 0) is 0 Å². The van der Waals surface area contributed by atoms with E-state index < -0.39 is 17.6 Å². The molecule has 0 aromatic rings. The topological polar surface area (TPSA) is 57.5 Å². The molecule has 0 fully saturated rings. The third-order valence-corrected chi connectivity index (χ3v) is 0.776. The van der Waals surface area contributed by atoms with E-state index in [2.05, 4.69) is 0 Å². The van der Waals surface area contributed by atoms with Gasteiger partial charge in [0, 0.05) is 6.42 Å². The predicted octanol–water partition coefficient (Wildman–Crippen LogP) is 1.22. The summed E-state index contributed by atoms with van der Waals surface area (Å²) < 4.78 is 11.9. The highest BCUT2D eigenvalue weighted by molar-refractivity contribution is 5.84. The van der Waals surface area contributed by atoms with Crippen LogP contribution in [0, 0.1) is 0 Å². The number of allylic oxidation sites excluding steroid dienone is 1. The molecule has 0 aliphatic heterocycles. The predicted molar refractivity (Wildman–Crippen MR) is 28.7 cm³/mol. The number of rotatable bonds is 2. The molecule has 3 nitrogen and oxygen atoms in total. The molecular weight excluding hydrogens is 127 g/mol. The summed E-state index contributed by atoms with van der Waals surface area (Å²) >= 11 is 0. The van der Waals surface area contributed by atoms with Crippen LogP contribution in [0.25, 0.3) is 0 Å². The SMILES string of the molecule is CC/C(O)=C(/F)C(=O)O. The van der Waals surface area contributed by atoms with Crippen molar-refractivity contribution in [3.8, 4) is 0 Å². The molecule has 0 aromatic carbocycles. The van der Waals surface area contributed by atoms with Crippen molar-refractivity contribution in [3.05, 3.63) is 11.6 Å². The Morgan fingerprint density at radius 3 is 2.11 bits per heavy atom. The summed E-state index contributed by atoms with van der Waals surface area (Å²) in [6, 6.07) is 0. The van der Waals surface area contributed by atoms with Crippen LogP contribution in [0.1, 0.15) is 13.3 Å². The number of aliphatic hydroxyl groups is 1. The van der Waals surface area contributed by atoms with Gasteiger partial charge in [0.2, 0.25) is 5.83 Å². The smallest absolute Gasteiger partial charge is 0.368 e. The molecule has 0 radical (unpaired) electrons. The van der Waals surface area contributed by atoms with Gasteiger partial charge in [-0.15, -0.1) is 0 Å². The standard InChI is InChI=1S/C5H7FO3/c1-2-3(7)4(6)5(8)9/h7H,2H2,1H3,(H,8,9)/b4-3-. The lowest BCUT2D eigenvalue weighted by molar-refractivity contribution is -0.134. The van der Waals surface area contributed by atoms with Crippen molar-refractivity contribution in [3.63, 3.8) is 0 Å². The normalized spacial score (nSPS) is 12.7. The van der Waals surface area contributed by atoms with Crippen molar-refractivity contribution >= 4 is 5.97 Å². The summed E-state index contributed by atoms with van der Waals surface area (Å²) in [5.41, 5.74) is 0. The highest BCUT2D eigenvalue weighted by Crippen LogP contribution is 2.05. The Morgan fingerprint density at radius 1 is 1.56 bits per heavy atom. The van der Waals surface area contributed by atoms with Crippen molar-refractivity contribution in [2.45, 2.75) is 13.3 Å². The molecule has 0 amide bonds. The number of carboxylic acid groups (broad SMARTS) is 1. The molecule has 0 aliphatic carbocycles. The van der Waals surface area contributed by atoms with Gasteiger partial charge >= 0.3 is 5.97 Å². The number of carboxylic acids is 1. The zero-order valence-corrected chi connectivity index (χ0v) is 4.89. The van der Waals surface area contributed by atoms with E-state index in [1.807, 2.05) is 0 Å². The Kier molecular flexibility index (Phi) is 2.70. The largest absolute Gasteiger partial charge is 0.509 e. The Bertz CT molecular complexity index is 150. The number of aliphatic carboxylic acids is 1. The molecule has 4 heteroatoms. The van der Waals surface area contributed by atoms with Crippen molar-refractivity contribution in [1.82, 2.24) is 0 Å². The van der Waals surface area contributed by atoms with E-state index in [0.717, 1.165) is 0 Å². The van der Waals surface area contributed by atoms with E-state index in [0.29, 0.717) is 0 Å². The monoisotopic (exact) mass is 134 g/mol. The average molecular weight is 134 g/mol. The summed E-state index contributed by atoms with van der Waals surface area (Å²) in [6.07, 6.45) is -0.00185. The average Bonchev–Trinajstić information content (AvgIpc) is 1.84. The number of carbonyl (C=O) groups is 1. The first-order valence-electron chi connectivity index (χ1n) is 2.40. The molecule has 2 N–H and O–H groups in total. The van der Waals surface area contributed by atoms with Gasteiger partial charge in [-0.3, -0.25) is 0 Å². The van der Waals surface area contributed by atoms with E-state index >= 15 is 0 Å². The molecule has 0 heterocycles. The molecule has 0 unspecified atom stereocenters. The van der Waals surface area contributed by atoms with Crippen molar-refractivity contribution in [2.75, 3.05) is 0 Å². The highest BCUT2D eigenvalue weighted by atomic mass is 19.1. The fraction of sp³-hybridized carbons (Fsp3) is 0.400. The first kappa shape index (κ1) is 7.94. The lowest BCUT2D eigenvalue weighted by Gasteiger charge is -1.92. The summed E-state index contributed by atoms with van der Waals surface area (Å²) in [5.74, 6) is -3.92. The maximum absolute atomic E-state index is 11.9. The summed E-state index contributed by atoms with van der Waals surface area (Å²) in [6.45, 7) is 1.46. The lowest BCUT2D eigenvalue weighted by atomic mass is 10.3. The van der Waals surface area contributed by atoms with Gasteiger partial charge in [-0.1, -0.05) is 6.92 Å². The van der Waals surface area contributed by atoms with E-state index in [1.54, 1.807) is 0 Å². The van der Waals surface area contributed by atoms with Crippen LogP contribution in [0.15, 0.2) is 11.6 Å². The summed E-state index contributed by atoms with van der Waals surface area (Å²) in [4.78, 5) is 9.71. The molecule has 0 bridgehead atoms. The molecule has 0 atom stereocenters. The van der Waals surface area contributed by atoms with Crippen LogP contribution in [-0.2, 0) is 4.79 Å². The fourth-order valence-electron chi connectivity index (χ4n) is 0.279. The second-order valence-corrected chi connectivity index (χ2v) is 1.42. The Balaban J connectivity index is 4.28. The Hall–Kier alpha value is -1.06. The summed E-state index contributed by atoms with van der Waals surface area (Å²) in [5, 5.41) is 16.3. The van der Waals surface area contributed by atoms with Crippen LogP contribution in [0.2, 0.25) is 0 Å². The molecule has 0 saturated carbocycles. The van der Waals surface area contributed by atoms with Gasteiger partial charge in [-0.25, -0.2) is 4.79 Å². The number of halogens is 1. The van der Waals surface area contributed by atoms with Crippen LogP contribution >= 0.6 is 0 Å². The van der Waals surface area contributed by atoms with Gasteiger partial charge in [0.1, 0.15) is 5.76 Å². The Morgan fingerprint density at radius 2 is 2.00 bits per heavy atom. The van der Waals surface area contributed by atoms with Gasteiger partial charge in [0.15, 0.2) is 0 Å². The lowest BCUT2D eigenvalue weighted by Crippen LogP contribution is -1.98. The second kappa shape index (κ2) is 3.06. The van der Waals surface area contributed by atoms with Crippen LogP contribution in [0.4, 0.5) is 4.39 Å². The van der Waals surface area contributed by atoms with E-state index in [1.165, 1.54) is 6.92 Å². The maximum Gasteiger partial charge on any atom is 0.368 e. The number of hydrogen-bond donors (Lipinski definition) is 2. The molecule has 0 aliphatic rings. The number of hydrogen-bond acceptors (Lipinski definition) is 2. The van der Waals surface area contributed by atoms with E-state index in [9.17, 15) is 9.18 Å². The van der Waals surface area contributed by atoms with Gasteiger partial charge < -0.3 is 10.2 Å². The molecule has 0 aromatic heterocycles. The van der Waals surface area contributed by atoms with Gasteiger partial charge in [-0.2, -0.15) is 4.39 Å². The summed E-state index contributed by atoms with van der Waals surface area (Å²) in [7, 11) is 0. The van der Waals surface area contributed by atoms with Gasteiger partial charge in [0.05, 0.1) is 0 Å². The minimum absolute atomic E-state index is 0.00185. The Labute approximate surface area is 51.4 Å². The van der Waals surface area contributed by atoms with Crippen LogP contribution in [0.3, 0.4) is 0 Å². The van der Waals surface area contributed by atoms with Crippen LogP contribution < -0.4 is 0 Å². The molecule has 0 spiro atoms. The highest BCUT2D eigenvalue weighted by Gasteiger charge is 2.10. The quantitative estimate of drug-likeness (QED) is 0.441. The van der Waals surface area contributed by atoms with Crippen molar-refractivity contribution in [2.24, 2.45) is 0 Å². The molecule has 0 saturated heterocycles. The third-order valence-electron chi connectivity index (χ3n) is 0.776. The second-order valence-electron chi connectivity index (χ2n) is 1.42. The first-order valence-corrected chi connectivity index (χ1v) is 2.40. The minimum atomic E-state index is -1.73. The fourth-order valence-corrected chi connectivity index (χ4v) is 0.279. The molecule has 0 rings (SSSR count). The van der Waals surface area contributed by atoms with Crippen LogP contribution in [0.5, 0.6) is 0 Å². The molecule has 9 heavy (non-hydrogen) atoms. The van der Waals surface area contributed by atoms with E-state index in [4.69, 9.17) is 10.2 Å². The molecular formula is C5H7FO3. The van der Waals surface area contributed by atoms with Gasteiger partial charge in [0.25, 0.3) is 0 Å². The minimum Gasteiger partial charge on any atom is -0.509 e. The zero-order valence-electron chi connectivity index (χ0n) is 4.89. The van der Waals surface area contributed by atoms with Crippen molar-refractivity contribution in [1.29, 1.82) is 0 Å². The van der Waals surface area contributed by atoms with Crippen LogP contribution in [-0.4, -0.2) is 16.2 Å². The first-order chi connectivity index (χ1) is 4.09. The van der Waals surface area contributed by atoms with E-state index in [-0.39, 0.29) is 6.42 Å². The number of aliphatic hydroxyl groups excluding tert-OH is 1. The maximum atomic E-state index is 11.9.